The number of halogens is 2. The number of phenols is 2. The number of aromatic hydroxyl groups is 2. The number of benzene rings is 4. The van der Waals surface area contributed by atoms with Crippen molar-refractivity contribution >= 4 is 145 Å². The van der Waals surface area contributed by atoms with Crippen molar-refractivity contribution in [2.24, 2.45) is 10.2 Å². The maximum atomic E-state index is 13.6. The van der Waals surface area contributed by atoms with Crippen LogP contribution in [0.2, 0.25) is 10.6 Å². The van der Waals surface area contributed by atoms with Crippen LogP contribution in [0.25, 0.3) is 12.2 Å². The van der Waals surface area contributed by atoms with E-state index < -0.39 is 161 Å². The Morgan fingerprint density at radius 1 is 0.542 bits per heavy atom. The number of hydrogen-bond acceptors (Lipinski definition) is 30. The van der Waals surface area contributed by atoms with Crippen LogP contribution >= 0.6 is 23.2 Å². The number of anilines is 6. The zero-order valence-electron chi connectivity index (χ0n) is 45.3. The van der Waals surface area contributed by atoms with Crippen LogP contribution in [0.5, 0.6) is 23.5 Å². The van der Waals surface area contributed by atoms with Gasteiger partial charge in [0.15, 0.2) is 11.4 Å². The second-order valence-electron chi connectivity index (χ2n) is 15.6. The molecular formula is C40H33Cl2CoN14O22S4+5. The molecule has 0 amide bonds. The molecule has 6 aromatic rings. The smallest absolute Gasteiger partial charge is 0.506 e. The van der Waals surface area contributed by atoms with Crippen LogP contribution in [0.15, 0.2) is 90.5 Å². The van der Waals surface area contributed by atoms with E-state index in [1.165, 1.54) is 14.2 Å². The minimum Gasteiger partial charge on any atom is -0.506 e. The fourth-order valence-electron chi connectivity index (χ4n) is 6.87. The van der Waals surface area contributed by atoms with Crippen LogP contribution in [0.4, 0.5) is 46.0 Å². The number of aromatic nitrogens is 6. The van der Waals surface area contributed by atoms with E-state index in [4.69, 9.17) is 32.7 Å². The summed E-state index contributed by atoms with van der Waals surface area (Å²) in [6.07, 6.45) is 1.36. The van der Waals surface area contributed by atoms with Crippen LogP contribution in [0.3, 0.4) is 0 Å². The van der Waals surface area contributed by atoms with Crippen LogP contribution < -0.4 is 31.0 Å². The summed E-state index contributed by atoms with van der Waals surface area (Å²) in [6.45, 7) is 0. The number of rotatable bonds is 16. The number of hydrazone groups is 2. The van der Waals surface area contributed by atoms with Gasteiger partial charge in [0.2, 0.25) is 34.0 Å². The number of hydrogen-bond donors (Lipinski definition) is 10. The number of methoxy groups -OCH3 is 2. The molecule has 4 aromatic carbocycles. The molecule has 0 bridgehead atoms. The third kappa shape index (κ3) is 14.6. The minimum atomic E-state index is -5.22. The van der Waals surface area contributed by atoms with E-state index in [2.05, 4.69) is 61.6 Å². The number of carbonyl (C=O) groups is 2. The first kappa shape index (κ1) is 63.2. The number of nitrogens with one attached hydrogen (secondary N) is 4. The van der Waals surface area contributed by atoms with E-state index in [1.807, 2.05) is 0 Å². The van der Waals surface area contributed by atoms with Crippen molar-refractivity contribution in [3.8, 4) is 23.5 Å². The first-order chi connectivity index (χ1) is 38.2. The van der Waals surface area contributed by atoms with E-state index in [0.29, 0.717) is 12.2 Å². The largest absolute Gasteiger partial charge is 1.00 e. The Kier molecular flexibility index (Phi) is 18.4. The summed E-state index contributed by atoms with van der Waals surface area (Å²) in [6, 6.07) is 7.98. The fourth-order valence-corrected chi connectivity index (χ4v) is 9.58. The molecule has 0 saturated heterocycles. The Labute approximate surface area is 490 Å². The minimum absolute atomic E-state index is 0. The van der Waals surface area contributed by atoms with Gasteiger partial charge in [0.1, 0.15) is 32.7 Å². The van der Waals surface area contributed by atoms with Crippen molar-refractivity contribution in [3.63, 3.8) is 0 Å². The quantitative estimate of drug-likeness (QED) is 0.0273. The maximum Gasteiger partial charge on any atom is 1.00 e. The van der Waals surface area contributed by atoms with E-state index in [1.54, 1.807) is 0 Å². The zero-order chi connectivity index (χ0) is 60.6. The number of non-ortho nitro benzene ring substituents is 2. The molecule has 2 aliphatic rings. The summed E-state index contributed by atoms with van der Waals surface area (Å²) in [7, 11) is -17.9. The number of nitro groups is 2. The van der Waals surface area contributed by atoms with Gasteiger partial charge in [-0.25, -0.2) is 0 Å². The molecule has 0 fully saturated rings. The number of nitro benzene ring substituents is 2. The van der Waals surface area contributed by atoms with Crippen molar-refractivity contribution < 1.29 is 115 Å². The molecule has 0 aliphatic heterocycles. The van der Waals surface area contributed by atoms with Gasteiger partial charge < -0.3 is 30.3 Å². The molecule has 0 atom stereocenters. The van der Waals surface area contributed by atoms with E-state index in [-0.39, 0.29) is 58.4 Å². The van der Waals surface area contributed by atoms with Crippen molar-refractivity contribution in [1.82, 2.24) is 29.9 Å². The first-order valence-corrected chi connectivity index (χ1v) is 27.5. The molecule has 2 heterocycles. The van der Waals surface area contributed by atoms with Crippen LogP contribution in [-0.2, 0) is 57.3 Å². The number of fused-ring (bicyclic) bond motifs is 2. The molecule has 36 nitrogen and oxygen atoms in total. The number of phenolic OH excluding ortho intramolecular Hbond substituents is 2. The van der Waals surface area contributed by atoms with E-state index in [9.17, 15) is 91.9 Å². The molecule has 8 rings (SSSR count). The molecule has 83 heavy (non-hydrogen) atoms. The number of ketones is 2. The SMILES string of the molecule is COc1nc(Cl)nc(Nc2cc(S(=O)(=O)O)cc3c2C(=O)/C(=N/Nc2cc([N+](=O)[O-])ccc2O)C(S(=O)(=O)O)=C3)n1.COc1nc(Cl)nc(Nc2cc(S(=O)(=O)O)cc3c2C(=O)/C(=N/Nc2cc([N+](=O)[O-])ccc2O)C(S(=O)(=O)O)=C3)n1.[Co].[H+].[H+].[H+].[H+].[H+]. The second kappa shape index (κ2) is 24.2. The van der Waals surface area contributed by atoms with E-state index >= 15 is 0 Å². The van der Waals surface area contributed by atoms with Crippen LogP contribution in [0.1, 0.15) is 39.0 Å². The van der Waals surface area contributed by atoms with Crippen LogP contribution in [0, 0.1) is 20.2 Å². The fraction of sp³-hybridized carbons (Fsp3) is 0.0500. The topological polar surface area (TPSA) is 547 Å². The zero-order valence-corrected chi connectivity index (χ0v) is 46.2. The molecule has 0 spiro atoms. The van der Waals surface area contributed by atoms with Gasteiger partial charge in [0, 0.05) is 41.0 Å². The van der Waals surface area contributed by atoms with Gasteiger partial charge in [-0.2, -0.15) is 73.8 Å². The summed E-state index contributed by atoms with van der Waals surface area (Å²) in [4.78, 5) is 66.5. The summed E-state index contributed by atoms with van der Waals surface area (Å²) >= 11 is 11.7. The van der Waals surface area contributed by atoms with Crippen molar-refractivity contribution in [2.45, 2.75) is 9.79 Å². The van der Waals surface area contributed by atoms with Crippen molar-refractivity contribution in [2.75, 3.05) is 35.7 Å². The molecular weight excluding hydrogens is 1290 g/mol. The van der Waals surface area contributed by atoms with Gasteiger partial charge in [0.25, 0.3) is 51.8 Å². The summed E-state index contributed by atoms with van der Waals surface area (Å²) in [5.74, 6) is -4.34. The monoisotopic (exact) mass is 1320 g/mol. The summed E-state index contributed by atoms with van der Waals surface area (Å²) < 4.78 is 145. The standard InChI is InChI=1S/2C20H14ClN7O11S2.Co/c2*1-39-20-24-18(21)23-19(25-20)22-12-7-10(40(33,34)35)4-8-5-14(41(36,37)38)16(17(30)15(8)12)27-26-11-6-9(28(31)32)2-3-13(11)29;/h2*2-7,26,29H,1H3,(H,33,34,35)(H,36,37,38)(H,22,23,24,25);/p+5/b2*27-16+;. The normalized spacial score (nSPS) is 14.1. The molecule has 43 heteroatoms. The third-order valence-electron chi connectivity index (χ3n) is 10.4. The molecule has 1 radical (unpaired) electrons. The van der Waals surface area contributed by atoms with Gasteiger partial charge >= 0.3 is 19.2 Å². The number of Topliss-reactive ketones (excluding diaryl/α,β-unsaturated/α-hetero) is 2. The third-order valence-corrected chi connectivity index (χ3v) is 14.1. The molecule has 10 N–H and O–H groups in total. The van der Waals surface area contributed by atoms with Gasteiger partial charge in [-0.15, -0.1) is 0 Å². The Morgan fingerprint density at radius 3 is 1.19 bits per heavy atom. The molecule has 2 aromatic heterocycles. The average Bonchev–Trinajstić information content (AvgIpc) is 0.907. The summed E-state index contributed by atoms with van der Waals surface area (Å²) in [5.41, 5.74) is -1.98. The Morgan fingerprint density at radius 2 is 0.892 bits per heavy atom. The number of nitrogens with zero attached hydrogens (tertiary/aromatic N) is 10. The summed E-state index contributed by atoms with van der Waals surface area (Å²) in [5, 5.41) is 53.8. The molecule has 0 saturated carbocycles. The number of carbonyl (C=O) groups excluding carboxylic acids is 2. The average molecular weight is 1320 g/mol. The first-order valence-electron chi connectivity index (χ1n) is 21.0. The number of allylic oxidation sites excluding steroid dienone is 2. The van der Waals surface area contributed by atoms with Gasteiger partial charge in [-0.05, 0) is 82.9 Å². The predicted molar refractivity (Wildman–Crippen MR) is 287 cm³/mol. The Hall–Kier alpha value is -9.01. The van der Waals surface area contributed by atoms with E-state index in [0.717, 1.165) is 60.7 Å². The predicted octanol–water partition coefficient (Wildman–Crippen LogP) is 4.62. The van der Waals surface area contributed by atoms with Crippen LogP contribution in [-0.4, -0.2) is 139 Å². The Bertz CT molecular complexity index is 4140. The number of ether oxygens (including phenoxy) is 2. The molecule has 2 aliphatic carbocycles. The molecule has 437 valence electrons. The molecule has 0 unspecified atom stereocenters. The second-order valence-corrected chi connectivity index (χ2v) is 21.9. The Balaban J connectivity index is 0.000000824. The van der Waals surface area contributed by atoms with Crippen molar-refractivity contribution in [3.05, 3.63) is 124 Å². The van der Waals surface area contributed by atoms with Gasteiger partial charge in [0.05, 0.1) is 56.4 Å². The van der Waals surface area contributed by atoms with Crippen molar-refractivity contribution in [1.29, 1.82) is 0 Å². The van der Waals surface area contributed by atoms with Gasteiger partial charge in [-0.1, -0.05) is 0 Å². The van der Waals surface area contributed by atoms with Gasteiger partial charge in [-0.3, -0.25) is 58.9 Å². The maximum absolute atomic E-state index is 13.6.